The lowest BCUT2D eigenvalue weighted by Crippen LogP contribution is -2.33. The molecule has 2 aliphatic heterocycles. The fraction of sp³-hybridized carbons (Fsp3) is 0.500. The largest absolute Gasteiger partial charge is 0.339 e. The van der Waals surface area contributed by atoms with Gasteiger partial charge in [-0.15, -0.1) is 12.4 Å². The summed E-state index contributed by atoms with van der Waals surface area (Å²) in [7, 11) is 0. The maximum Gasteiger partial charge on any atom is 0.255 e. The first kappa shape index (κ1) is 20.0. The SMILES string of the molecule is Cc1cccc(-n2c(C)cc(C(=O)N3CC[C@@H]4CNC[C@@H]4CC3)c2C)c1.Cl. The van der Waals surface area contributed by atoms with E-state index in [9.17, 15) is 4.79 Å². The number of rotatable bonds is 2. The minimum atomic E-state index is 0. The molecule has 2 aromatic rings. The molecule has 1 amide bonds. The van der Waals surface area contributed by atoms with Gasteiger partial charge in [-0.05, 0) is 82.3 Å². The summed E-state index contributed by atoms with van der Waals surface area (Å²) in [5.74, 6) is 1.69. The zero-order valence-corrected chi connectivity index (χ0v) is 17.3. The third-order valence-corrected chi connectivity index (χ3v) is 6.23. The Morgan fingerprint density at radius 2 is 1.70 bits per heavy atom. The first-order valence-electron chi connectivity index (χ1n) is 9.80. The monoisotopic (exact) mass is 387 g/mol. The molecule has 0 bridgehead atoms. The number of nitrogens with zero attached hydrogens (tertiary/aromatic N) is 2. The number of halogens is 1. The molecular formula is C22H30ClN3O. The van der Waals surface area contributed by atoms with E-state index >= 15 is 0 Å². The summed E-state index contributed by atoms with van der Waals surface area (Å²) < 4.78 is 2.21. The highest BCUT2D eigenvalue weighted by atomic mass is 35.5. The highest BCUT2D eigenvalue weighted by molar-refractivity contribution is 5.96. The van der Waals surface area contributed by atoms with E-state index in [1.54, 1.807) is 0 Å². The molecular weight excluding hydrogens is 358 g/mol. The van der Waals surface area contributed by atoms with Gasteiger partial charge in [-0.25, -0.2) is 0 Å². The standard InChI is InChI=1S/C22H29N3O.ClH/c1-15-5-4-6-20(11-15)25-16(2)12-21(17(25)3)22(26)24-9-7-18-13-23-14-19(18)8-10-24;/h4-6,11-12,18-19,23H,7-10,13-14H2,1-3H3;1H/t18-,19+;. The Kier molecular flexibility index (Phi) is 5.97. The van der Waals surface area contributed by atoms with Crippen molar-refractivity contribution in [2.24, 2.45) is 11.8 Å². The number of carbonyl (C=O) groups is 1. The Balaban J connectivity index is 0.00000210. The van der Waals surface area contributed by atoms with Crippen molar-refractivity contribution in [1.29, 1.82) is 0 Å². The molecule has 2 atom stereocenters. The molecule has 0 radical (unpaired) electrons. The van der Waals surface area contributed by atoms with E-state index in [1.165, 1.54) is 5.56 Å². The molecule has 3 heterocycles. The summed E-state index contributed by atoms with van der Waals surface area (Å²) in [6, 6.07) is 10.5. The van der Waals surface area contributed by atoms with Crippen LogP contribution >= 0.6 is 12.4 Å². The molecule has 5 heteroatoms. The van der Waals surface area contributed by atoms with E-state index in [-0.39, 0.29) is 18.3 Å². The maximum atomic E-state index is 13.3. The zero-order chi connectivity index (χ0) is 18.3. The Morgan fingerprint density at radius 1 is 1.04 bits per heavy atom. The molecule has 1 aromatic carbocycles. The van der Waals surface area contributed by atoms with Gasteiger partial charge in [-0.2, -0.15) is 0 Å². The molecule has 0 saturated carbocycles. The first-order valence-corrected chi connectivity index (χ1v) is 9.80. The maximum absolute atomic E-state index is 13.3. The van der Waals surface area contributed by atoms with Crippen molar-refractivity contribution in [3.8, 4) is 5.69 Å². The number of aromatic nitrogens is 1. The van der Waals surface area contributed by atoms with Crippen molar-refractivity contribution in [2.45, 2.75) is 33.6 Å². The molecule has 1 N–H and O–H groups in total. The fourth-order valence-electron chi connectivity index (χ4n) is 4.74. The van der Waals surface area contributed by atoms with Crippen LogP contribution in [0.25, 0.3) is 5.69 Å². The number of likely N-dealkylation sites (tertiary alicyclic amines) is 1. The van der Waals surface area contributed by atoms with E-state index in [2.05, 4.69) is 65.9 Å². The van der Waals surface area contributed by atoms with E-state index in [0.717, 1.165) is 73.5 Å². The lowest BCUT2D eigenvalue weighted by atomic mass is 9.92. The molecule has 2 aliphatic rings. The van der Waals surface area contributed by atoms with E-state index < -0.39 is 0 Å². The van der Waals surface area contributed by atoms with Crippen molar-refractivity contribution in [3.63, 3.8) is 0 Å². The lowest BCUT2D eigenvalue weighted by Gasteiger charge is -2.21. The number of hydrogen-bond acceptors (Lipinski definition) is 2. The highest BCUT2D eigenvalue weighted by Gasteiger charge is 2.32. The number of carbonyl (C=O) groups excluding carboxylic acids is 1. The van der Waals surface area contributed by atoms with Crippen molar-refractivity contribution in [2.75, 3.05) is 26.2 Å². The molecule has 0 unspecified atom stereocenters. The first-order chi connectivity index (χ1) is 12.5. The summed E-state index contributed by atoms with van der Waals surface area (Å²) in [4.78, 5) is 15.3. The van der Waals surface area contributed by atoms with E-state index in [1.807, 2.05) is 0 Å². The second-order valence-corrected chi connectivity index (χ2v) is 8.01. The van der Waals surface area contributed by atoms with Crippen molar-refractivity contribution in [1.82, 2.24) is 14.8 Å². The second-order valence-electron chi connectivity index (χ2n) is 8.01. The summed E-state index contributed by atoms with van der Waals surface area (Å²) in [5.41, 5.74) is 5.39. The number of hydrogen-bond donors (Lipinski definition) is 1. The molecule has 1 aromatic heterocycles. The number of benzene rings is 1. The lowest BCUT2D eigenvalue weighted by molar-refractivity contribution is 0.0758. The molecule has 0 aliphatic carbocycles. The van der Waals surface area contributed by atoms with Gasteiger partial charge < -0.3 is 14.8 Å². The van der Waals surface area contributed by atoms with Crippen molar-refractivity contribution >= 4 is 18.3 Å². The fourth-order valence-corrected chi connectivity index (χ4v) is 4.74. The van der Waals surface area contributed by atoms with Gasteiger partial charge in [0.1, 0.15) is 0 Å². The van der Waals surface area contributed by atoms with Crippen LogP contribution in [0.5, 0.6) is 0 Å². The third-order valence-electron chi connectivity index (χ3n) is 6.23. The topological polar surface area (TPSA) is 37.3 Å². The van der Waals surface area contributed by atoms with Crippen LogP contribution in [-0.4, -0.2) is 41.6 Å². The van der Waals surface area contributed by atoms with Gasteiger partial charge in [0.25, 0.3) is 5.91 Å². The van der Waals surface area contributed by atoms with Crippen molar-refractivity contribution in [3.05, 3.63) is 52.8 Å². The normalized spacial score (nSPS) is 22.1. The van der Waals surface area contributed by atoms with E-state index in [0.29, 0.717) is 0 Å². The zero-order valence-electron chi connectivity index (χ0n) is 16.5. The van der Waals surface area contributed by atoms with Gasteiger partial charge in [-0.1, -0.05) is 12.1 Å². The summed E-state index contributed by atoms with van der Waals surface area (Å²) >= 11 is 0. The minimum absolute atomic E-state index is 0. The Bertz CT molecular complexity index is 815. The van der Waals surface area contributed by atoms with Gasteiger partial charge in [0.2, 0.25) is 0 Å². The quantitative estimate of drug-likeness (QED) is 0.848. The van der Waals surface area contributed by atoms with Crippen LogP contribution in [-0.2, 0) is 0 Å². The number of aryl methyl sites for hydroxylation is 2. The van der Waals surface area contributed by atoms with Crippen LogP contribution in [0.15, 0.2) is 30.3 Å². The van der Waals surface area contributed by atoms with Crippen molar-refractivity contribution < 1.29 is 4.79 Å². The summed E-state index contributed by atoms with van der Waals surface area (Å²) in [5, 5.41) is 3.50. The highest BCUT2D eigenvalue weighted by Crippen LogP contribution is 2.29. The van der Waals surface area contributed by atoms with Gasteiger partial charge >= 0.3 is 0 Å². The van der Waals surface area contributed by atoms with Gasteiger partial charge in [0.15, 0.2) is 0 Å². The molecule has 146 valence electrons. The molecule has 2 fully saturated rings. The second kappa shape index (κ2) is 8.07. The minimum Gasteiger partial charge on any atom is -0.339 e. The number of amides is 1. The average Bonchev–Trinajstić information content (AvgIpc) is 3.12. The number of nitrogens with one attached hydrogen (secondary N) is 1. The van der Waals surface area contributed by atoms with Gasteiger partial charge in [0.05, 0.1) is 5.56 Å². The van der Waals surface area contributed by atoms with Crippen LogP contribution in [0.2, 0.25) is 0 Å². The summed E-state index contributed by atoms with van der Waals surface area (Å²) in [6.45, 7) is 10.3. The van der Waals surface area contributed by atoms with E-state index in [4.69, 9.17) is 0 Å². The van der Waals surface area contributed by atoms with Gasteiger partial charge in [-0.3, -0.25) is 4.79 Å². The van der Waals surface area contributed by atoms with Crippen LogP contribution in [0.3, 0.4) is 0 Å². The average molecular weight is 388 g/mol. The van der Waals surface area contributed by atoms with Gasteiger partial charge in [0, 0.05) is 30.2 Å². The van der Waals surface area contributed by atoms with Crippen LogP contribution in [0.1, 0.15) is 40.2 Å². The Morgan fingerprint density at radius 3 is 2.33 bits per heavy atom. The Labute approximate surface area is 168 Å². The summed E-state index contributed by atoms with van der Waals surface area (Å²) in [6.07, 6.45) is 2.25. The molecule has 0 spiro atoms. The smallest absolute Gasteiger partial charge is 0.255 e. The van der Waals surface area contributed by atoms with Crippen LogP contribution in [0, 0.1) is 32.6 Å². The third kappa shape index (κ3) is 3.78. The predicted molar refractivity (Wildman–Crippen MR) is 112 cm³/mol. The molecule has 27 heavy (non-hydrogen) atoms. The van der Waals surface area contributed by atoms with Crippen LogP contribution < -0.4 is 5.32 Å². The molecule has 2 saturated heterocycles. The predicted octanol–water partition coefficient (Wildman–Crippen LogP) is 3.90. The number of fused-ring (bicyclic) bond motifs is 1. The molecule has 4 nitrogen and oxygen atoms in total. The molecule has 4 rings (SSSR count). The Hall–Kier alpha value is -1.78. The van der Waals surface area contributed by atoms with Crippen LogP contribution in [0.4, 0.5) is 0 Å².